The summed E-state index contributed by atoms with van der Waals surface area (Å²) in [6.07, 6.45) is 17.7. The lowest BCUT2D eigenvalue weighted by atomic mass is 9.30. The minimum atomic E-state index is 0.748. The predicted octanol–water partition coefficient (Wildman–Crippen LogP) is 5.48. The van der Waals surface area contributed by atoms with Crippen LogP contribution in [0.5, 0.6) is 0 Å². The van der Waals surface area contributed by atoms with E-state index in [9.17, 15) is 0 Å². The largest absolute Gasteiger partial charge is 0.0884 e. The Balaban J connectivity index is 1.58. The van der Waals surface area contributed by atoms with E-state index in [0.717, 1.165) is 22.2 Å². The molecule has 4 fully saturated rings. The van der Waals surface area contributed by atoms with E-state index in [0.29, 0.717) is 0 Å². The van der Waals surface area contributed by atoms with Crippen molar-refractivity contribution in [2.24, 2.45) is 22.2 Å². The van der Waals surface area contributed by atoms with Gasteiger partial charge in [0.1, 0.15) is 0 Å². The molecule has 0 aromatic heterocycles. The molecule has 0 radical (unpaired) electrons. The van der Waals surface area contributed by atoms with Crippen molar-refractivity contribution in [3.8, 4) is 0 Å². The van der Waals surface area contributed by atoms with Crippen molar-refractivity contribution in [3.63, 3.8) is 0 Å². The van der Waals surface area contributed by atoms with Crippen LogP contribution in [0.1, 0.15) is 78.1 Å². The van der Waals surface area contributed by atoms with Crippen molar-refractivity contribution in [1.29, 1.82) is 0 Å². The molecule has 0 amide bonds. The molecule has 2 unspecified atom stereocenters. The Hall–Kier alpha value is -0.260. The van der Waals surface area contributed by atoms with Gasteiger partial charge in [-0.15, -0.1) is 0 Å². The summed E-state index contributed by atoms with van der Waals surface area (Å²) in [5.74, 6) is 1.02. The van der Waals surface area contributed by atoms with Gasteiger partial charge in [-0.3, -0.25) is 0 Å². The van der Waals surface area contributed by atoms with Crippen LogP contribution >= 0.6 is 0 Å². The lowest BCUT2D eigenvalue weighted by molar-refractivity contribution is -0.252. The molecule has 3 spiro atoms. The monoisotopic (exact) mass is 244 g/mol. The minimum absolute atomic E-state index is 0.748. The lowest BCUT2D eigenvalue weighted by Gasteiger charge is -2.74. The fourth-order valence-corrected chi connectivity index (χ4v) is 6.75. The van der Waals surface area contributed by atoms with Crippen LogP contribution in [-0.2, 0) is 0 Å². The molecule has 4 saturated carbocycles. The summed E-state index contributed by atoms with van der Waals surface area (Å²) in [4.78, 5) is 0. The highest BCUT2D eigenvalue weighted by Gasteiger charge is 2.72. The lowest BCUT2D eigenvalue weighted by Crippen LogP contribution is -2.66. The zero-order chi connectivity index (χ0) is 12.4. The van der Waals surface area contributed by atoms with Gasteiger partial charge in [0.15, 0.2) is 0 Å². The summed E-state index contributed by atoms with van der Waals surface area (Å²) in [5.41, 5.74) is 4.15. The second-order valence-corrected chi connectivity index (χ2v) is 8.03. The van der Waals surface area contributed by atoms with Crippen molar-refractivity contribution in [1.82, 2.24) is 0 Å². The van der Waals surface area contributed by atoms with E-state index >= 15 is 0 Å². The van der Waals surface area contributed by atoms with Crippen molar-refractivity contribution in [2.75, 3.05) is 0 Å². The van der Waals surface area contributed by atoms with Crippen LogP contribution in [-0.4, -0.2) is 0 Å². The molecule has 0 aromatic carbocycles. The molecule has 0 aromatic rings. The highest BCUT2D eigenvalue weighted by Crippen LogP contribution is 2.81. The standard InChI is InChI=1S/C18H28/c1-3-15-6-9-16(12-15)13-18(14(16)2)11-10-17(18)7-4-5-8-17/h3,14H,4-13H2,1-2H3/b15-3+/t14-,16?,18?/m1/s1. The Morgan fingerprint density at radius 3 is 2.33 bits per heavy atom. The first-order valence-electron chi connectivity index (χ1n) is 8.31. The summed E-state index contributed by atoms with van der Waals surface area (Å²) in [6.45, 7) is 4.87. The molecule has 0 N–H and O–H groups in total. The first-order valence-corrected chi connectivity index (χ1v) is 8.31. The fourth-order valence-electron chi connectivity index (χ4n) is 6.75. The van der Waals surface area contributed by atoms with Gasteiger partial charge in [0, 0.05) is 0 Å². The summed E-state index contributed by atoms with van der Waals surface area (Å²) in [7, 11) is 0. The van der Waals surface area contributed by atoms with E-state index in [1.807, 2.05) is 0 Å². The van der Waals surface area contributed by atoms with E-state index < -0.39 is 0 Å². The average molecular weight is 244 g/mol. The Kier molecular flexibility index (Phi) is 2.21. The van der Waals surface area contributed by atoms with Gasteiger partial charge in [-0.05, 0) is 80.5 Å². The normalized spacial score (nSPS) is 51.2. The molecule has 0 heteroatoms. The summed E-state index contributed by atoms with van der Waals surface area (Å²) >= 11 is 0. The van der Waals surface area contributed by atoms with E-state index in [1.54, 1.807) is 37.7 Å². The molecule has 0 aliphatic heterocycles. The van der Waals surface area contributed by atoms with Gasteiger partial charge >= 0.3 is 0 Å². The van der Waals surface area contributed by atoms with Gasteiger partial charge in [0.25, 0.3) is 0 Å². The quantitative estimate of drug-likeness (QED) is 0.495. The van der Waals surface area contributed by atoms with E-state index in [-0.39, 0.29) is 0 Å². The highest BCUT2D eigenvalue weighted by atomic mass is 14.8. The second kappa shape index (κ2) is 3.44. The van der Waals surface area contributed by atoms with Gasteiger partial charge in [0.05, 0.1) is 0 Å². The zero-order valence-corrected chi connectivity index (χ0v) is 12.2. The molecule has 4 rings (SSSR count). The van der Waals surface area contributed by atoms with Crippen molar-refractivity contribution in [2.45, 2.75) is 78.1 Å². The number of hydrogen-bond acceptors (Lipinski definition) is 0. The molecule has 0 heterocycles. The minimum Gasteiger partial charge on any atom is -0.0884 e. The summed E-state index contributed by atoms with van der Waals surface area (Å²) in [6, 6.07) is 0. The maximum absolute atomic E-state index is 2.63. The van der Waals surface area contributed by atoms with Gasteiger partial charge < -0.3 is 0 Å². The van der Waals surface area contributed by atoms with Gasteiger partial charge in [-0.25, -0.2) is 0 Å². The average Bonchev–Trinajstić information content (AvgIpc) is 3.02. The zero-order valence-electron chi connectivity index (χ0n) is 12.2. The topological polar surface area (TPSA) is 0 Å². The number of hydrogen-bond donors (Lipinski definition) is 0. The molecule has 4 aliphatic carbocycles. The highest BCUT2D eigenvalue weighted by molar-refractivity contribution is 5.26. The van der Waals surface area contributed by atoms with Crippen LogP contribution in [0.4, 0.5) is 0 Å². The van der Waals surface area contributed by atoms with Crippen LogP contribution in [0.3, 0.4) is 0 Å². The van der Waals surface area contributed by atoms with Crippen molar-refractivity contribution >= 4 is 0 Å². The molecule has 0 nitrogen and oxygen atoms in total. The van der Waals surface area contributed by atoms with Crippen LogP contribution in [0, 0.1) is 22.2 Å². The van der Waals surface area contributed by atoms with Crippen LogP contribution in [0.2, 0.25) is 0 Å². The first-order chi connectivity index (χ1) is 8.66. The molecule has 4 aliphatic rings. The fraction of sp³-hybridized carbons (Fsp3) is 0.889. The van der Waals surface area contributed by atoms with Gasteiger partial charge in [-0.2, -0.15) is 0 Å². The molecule has 18 heavy (non-hydrogen) atoms. The molecule has 100 valence electrons. The molecular formula is C18H28. The number of fused-ring (bicyclic) bond motifs is 1. The van der Waals surface area contributed by atoms with Gasteiger partial charge in [-0.1, -0.05) is 31.4 Å². The Bertz CT molecular complexity index is 398. The number of allylic oxidation sites excluding steroid dienone is 2. The molecule has 3 atom stereocenters. The smallest absolute Gasteiger partial charge is 0.0204 e. The van der Waals surface area contributed by atoms with E-state index in [4.69, 9.17) is 0 Å². The van der Waals surface area contributed by atoms with Crippen LogP contribution in [0.25, 0.3) is 0 Å². The van der Waals surface area contributed by atoms with Crippen LogP contribution in [0.15, 0.2) is 11.6 Å². The Morgan fingerprint density at radius 1 is 1.06 bits per heavy atom. The maximum atomic E-state index is 2.63. The summed E-state index contributed by atoms with van der Waals surface area (Å²) in [5, 5.41) is 0. The second-order valence-electron chi connectivity index (χ2n) is 8.03. The SMILES string of the molecule is C/C=C1\CCC2(C1)CC1(CCC13CCCC3)[C@@H]2C. The van der Waals surface area contributed by atoms with E-state index in [2.05, 4.69) is 19.9 Å². The maximum Gasteiger partial charge on any atom is -0.0204 e. The summed E-state index contributed by atoms with van der Waals surface area (Å²) < 4.78 is 0. The molecular weight excluding hydrogens is 216 g/mol. The Morgan fingerprint density at radius 2 is 1.83 bits per heavy atom. The van der Waals surface area contributed by atoms with Gasteiger partial charge in [0.2, 0.25) is 0 Å². The predicted molar refractivity (Wildman–Crippen MR) is 76.4 cm³/mol. The Labute approximate surface area is 112 Å². The molecule has 0 bridgehead atoms. The van der Waals surface area contributed by atoms with Crippen molar-refractivity contribution in [3.05, 3.63) is 11.6 Å². The van der Waals surface area contributed by atoms with Crippen molar-refractivity contribution < 1.29 is 0 Å². The van der Waals surface area contributed by atoms with Crippen LogP contribution < -0.4 is 0 Å². The molecule has 0 saturated heterocycles. The first kappa shape index (κ1) is 11.6. The number of rotatable bonds is 0. The third-order valence-corrected chi connectivity index (χ3v) is 8.01. The third kappa shape index (κ3) is 1.10. The third-order valence-electron chi connectivity index (χ3n) is 8.01. The van der Waals surface area contributed by atoms with E-state index in [1.165, 1.54) is 32.1 Å².